The van der Waals surface area contributed by atoms with Crippen molar-refractivity contribution in [2.24, 2.45) is 5.92 Å². The van der Waals surface area contributed by atoms with E-state index in [2.05, 4.69) is 25.2 Å². The van der Waals surface area contributed by atoms with Gasteiger partial charge in [0, 0.05) is 23.9 Å². The van der Waals surface area contributed by atoms with Crippen molar-refractivity contribution in [3.63, 3.8) is 0 Å². The Bertz CT molecular complexity index is 785. The van der Waals surface area contributed by atoms with E-state index in [1.165, 1.54) is 5.57 Å². The molecule has 126 valence electrons. The highest BCUT2D eigenvalue weighted by atomic mass is 32.1. The van der Waals surface area contributed by atoms with E-state index >= 15 is 0 Å². The molecule has 0 spiro atoms. The van der Waals surface area contributed by atoms with E-state index in [0.717, 1.165) is 48.0 Å². The summed E-state index contributed by atoms with van der Waals surface area (Å²) < 4.78 is 2.78. The fourth-order valence-electron chi connectivity index (χ4n) is 3.84. The van der Waals surface area contributed by atoms with Gasteiger partial charge < -0.3 is 9.88 Å². The Balaban J connectivity index is 2.18. The average molecular weight is 341 g/mol. The van der Waals surface area contributed by atoms with Crippen LogP contribution in [0.2, 0.25) is 0 Å². The van der Waals surface area contributed by atoms with Gasteiger partial charge in [-0.1, -0.05) is 24.7 Å². The van der Waals surface area contributed by atoms with E-state index in [1.54, 1.807) is 0 Å². The molecule has 2 atom stereocenters. The molecule has 0 saturated heterocycles. The number of nitriles is 1. The standard InChI is InChI=1S/C19H23N3OS/c1-12(2)22-10-6-8-14(19(22)24)17-13-7-4-3-5-9-16(13)21-18(23)15(17)11-20/h6,8,10,12,15,17H,3-5,7,9H2,1-2H3,(H,21,23). The minimum atomic E-state index is -0.702. The minimum absolute atomic E-state index is 0.183. The highest BCUT2D eigenvalue weighted by Crippen LogP contribution is 2.42. The van der Waals surface area contributed by atoms with Crippen LogP contribution in [-0.2, 0) is 4.79 Å². The Morgan fingerprint density at radius 2 is 2.08 bits per heavy atom. The highest BCUT2D eigenvalue weighted by Gasteiger charge is 2.39. The van der Waals surface area contributed by atoms with Gasteiger partial charge in [-0.3, -0.25) is 4.79 Å². The number of nitrogens with zero attached hydrogens (tertiary/aromatic N) is 2. The number of hydrogen-bond donors (Lipinski definition) is 1. The number of nitrogens with one attached hydrogen (secondary N) is 1. The van der Waals surface area contributed by atoms with Crippen LogP contribution >= 0.6 is 12.2 Å². The number of pyridine rings is 1. The molecule has 4 nitrogen and oxygen atoms in total. The van der Waals surface area contributed by atoms with Crippen molar-refractivity contribution >= 4 is 18.1 Å². The zero-order valence-corrected chi connectivity index (χ0v) is 15.0. The Morgan fingerprint density at radius 1 is 1.33 bits per heavy atom. The highest BCUT2D eigenvalue weighted by molar-refractivity contribution is 7.71. The largest absolute Gasteiger partial charge is 0.336 e. The second-order valence-corrected chi connectivity index (χ2v) is 7.29. The van der Waals surface area contributed by atoms with Crippen LogP contribution in [0.5, 0.6) is 0 Å². The van der Waals surface area contributed by atoms with Crippen LogP contribution in [0, 0.1) is 21.9 Å². The molecule has 1 amide bonds. The van der Waals surface area contributed by atoms with Crippen LogP contribution in [0.1, 0.15) is 63.5 Å². The van der Waals surface area contributed by atoms with Crippen molar-refractivity contribution in [2.45, 2.75) is 57.9 Å². The molecule has 1 N–H and O–H groups in total. The molecule has 0 bridgehead atoms. The first-order valence-electron chi connectivity index (χ1n) is 8.68. The number of aromatic nitrogens is 1. The maximum atomic E-state index is 12.5. The van der Waals surface area contributed by atoms with E-state index in [-0.39, 0.29) is 17.9 Å². The molecule has 0 aromatic carbocycles. The van der Waals surface area contributed by atoms with E-state index in [0.29, 0.717) is 0 Å². The maximum Gasteiger partial charge on any atom is 0.242 e. The van der Waals surface area contributed by atoms with Gasteiger partial charge in [-0.05, 0) is 56.7 Å². The normalized spacial score (nSPS) is 24.2. The first-order valence-corrected chi connectivity index (χ1v) is 9.09. The van der Waals surface area contributed by atoms with Crippen molar-refractivity contribution in [1.82, 2.24) is 9.88 Å². The van der Waals surface area contributed by atoms with Gasteiger partial charge in [0.25, 0.3) is 0 Å². The van der Waals surface area contributed by atoms with Crippen molar-refractivity contribution in [3.8, 4) is 6.07 Å². The van der Waals surface area contributed by atoms with Gasteiger partial charge in [-0.25, -0.2) is 0 Å². The Hall–Kier alpha value is -1.93. The Morgan fingerprint density at radius 3 is 2.79 bits per heavy atom. The summed E-state index contributed by atoms with van der Waals surface area (Å²) in [5.74, 6) is -1.10. The fraction of sp³-hybridized carbons (Fsp3) is 0.526. The molecule has 1 aliphatic carbocycles. The third-order valence-corrected chi connectivity index (χ3v) is 5.51. The van der Waals surface area contributed by atoms with Crippen molar-refractivity contribution in [2.75, 3.05) is 0 Å². The number of carbonyl (C=O) groups is 1. The lowest BCUT2D eigenvalue weighted by Gasteiger charge is -2.32. The Labute approximate surface area is 148 Å². The number of amides is 1. The van der Waals surface area contributed by atoms with Crippen LogP contribution in [-0.4, -0.2) is 10.5 Å². The van der Waals surface area contributed by atoms with Crippen LogP contribution in [0.3, 0.4) is 0 Å². The first-order chi connectivity index (χ1) is 11.5. The van der Waals surface area contributed by atoms with E-state index < -0.39 is 5.92 Å². The number of rotatable bonds is 2. The molecule has 2 aliphatic rings. The second kappa shape index (κ2) is 6.90. The molecule has 0 radical (unpaired) electrons. The summed E-state index contributed by atoms with van der Waals surface area (Å²) in [7, 11) is 0. The molecular formula is C19H23N3OS. The van der Waals surface area contributed by atoms with E-state index in [9.17, 15) is 10.1 Å². The molecular weight excluding hydrogens is 318 g/mol. The zero-order valence-electron chi connectivity index (χ0n) is 14.2. The van der Waals surface area contributed by atoms with Gasteiger partial charge >= 0.3 is 0 Å². The summed E-state index contributed by atoms with van der Waals surface area (Å²) in [5, 5.41) is 12.6. The molecule has 2 unspecified atom stereocenters. The smallest absolute Gasteiger partial charge is 0.242 e. The lowest BCUT2D eigenvalue weighted by Crippen LogP contribution is -2.39. The molecule has 1 aromatic rings. The average Bonchev–Trinajstić information content (AvgIpc) is 2.79. The summed E-state index contributed by atoms with van der Waals surface area (Å²) in [6.45, 7) is 4.18. The van der Waals surface area contributed by atoms with Crippen molar-refractivity contribution < 1.29 is 4.79 Å². The lowest BCUT2D eigenvalue weighted by molar-refractivity contribution is -0.123. The minimum Gasteiger partial charge on any atom is -0.336 e. The van der Waals surface area contributed by atoms with Gasteiger partial charge in [0.1, 0.15) is 10.6 Å². The summed E-state index contributed by atoms with van der Waals surface area (Å²) in [6, 6.07) is 6.44. The summed E-state index contributed by atoms with van der Waals surface area (Å²) in [5.41, 5.74) is 3.19. The fourth-order valence-corrected chi connectivity index (χ4v) is 4.31. The number of allylic oxidation sites excluding steroid dienone is 2. The first kappa shape index (κ1) is 16.9. The van der Waals surface area contributed by atoms with Gasteiger partial charge in [0.2, 0.25) is 5.91 Å². The van der Waals surface area contributed by atoms with Gasteiger partial charge in [-0.15, -0.1) is 0 Å². The summed E-state index contributed by atoms with van der Waals surface area (Å²) in [6.07, 6.45) is 7.15. The number of carbonyl (C=O) groups excluding carboxylic acids is 1. The molecule has 0 fully saturated rings. The van der Waals surface area contributed by atoms with Crippen LogP contribution in [0.15, 0.2) is 29.6 Å². The zero-order chi connectivity index (χ0) is 17.3. The van der Waals surface area contributed by atoms with Gasteiger partial charge in [-0.2, -0.15) is 5.26 Å². The molecule has 1 aromatic heterocycles. The monoisotopic (exact) mass is 341 g/mol. The maximum absolute atomic E-state index is 12.5. The topological polar surface area (TPSA) is 57.8 Å². The third-order valence-electron chi connectivity index (χ3n) is 5.06. The predicted octanol–water partition coefficient (Wildman–Crippen LogP) is 4.37. The third kappa shape index (κ3) is 2.91. The van der Waals surface area contributed by atoms with Crippen LogP contribution < -0.4 is 5.32 Å². The van der Waals surface area contributed by atoms with E-state index in [1.807, 2.05) is 22.9 Å². The quantitative estimate of drug-likeness (QED) is 0.813. The Kier molecular flexibility index (Phi) is 4.86. The molecule has 2 heterocycles. The van der Waals surface area contributed by atoms with E-state index in [4.69, 9.17) is 12.2 Å². The predicted molar refractivity (Wildman–Crippen MR) is 95.7 cm³/mol. The molecule has 0 saturated carbocycles. The van der Waals surface area contributed by atoms with Gasteiger partial charge in [0.15, 0.2) is 0 Å². The van der Waals surface area contributed by atoms with Crippen molar-refractivity contribution in [3.05, 3.63) is 39.8 Å². The molecule has 24 heavy (non-hydrogen) atoms. The van der Waals surface area contributed by atoms with Gasteiger partial charge in [0.05, 0.1) is 6.07 Å². The molecule has 1 aliphatic heterocycles. The van der Waals surface area contributed by atoms with Crippen LogP contribution in [0.4, 0.5) is 0 Å². The molecule has 5 heteroatoms. The summed E-state index contributed by atoms with van der Waals surface area (Å²) in [4.78, 5) is 12.5. The summed E-state index contributed by atoms with van der Waals surface area (Å²) >= 11 is 5.72. The SMILES string of the molecule is CC(C)n1cccc(C2C3=C(CCCCC3)NC(=O)C2C#N)c1=S. The molecule has 3 rings (SSSR count). The van der Waals surface area contributed by atoms with Crippen LogP contribution in [0.25, 0.3) is 0 Å². The van der Waals surface area contributed by atoms with Crippen molar-refractivity contribution in [1.29, 1.82) is 5.26 Å². The lowest BCUT2D eigenvalue weighted by atomic mass is 9.76. The second-order valence-electron chi connectivity index (χ2n) is 6.91. The number of hydrogen-bond acceptors (Lipinski definition) is 3.